The number of nitrogens with one attached hydrogen (secondary N) is 1. The van der Waals surface area contributed by atoms with Crippen molar-refractivity contribution in [2.24, 2.45) is 0 Å². The van der Waals surface area contributed by atoms with E-state index in [-0.39, 0.29) is 12.1 Å². The number of hydrogen-bond donors (Lipinski definition) is 1. The molecule has 1 atom stereocenters. The number of anilines is 1. The summed E-state index contributed by atoms with van der Waals surface area (Å²) in [4.78, 5) is 16.8. The number of halogens is 1. The summed E-state index contributed by atoms with van der Waals surface area (Å²) >= 11 is 6.09. The Balaban J connectivity index is 1.31. The lowest BCUT2D eigenvalue weighted by atomic mass is 10.0. The molecule has 148 valence electrons. The minimum atomic E-state index is -0.0435. The maximum atomic E-state index is 12.7. The van der Waals surface area contributed by atoms with Gasteiger partial charge in [-0.2, -0.15) is 0 Å². The Morgan fingerprint density at radius 3 is 2.71 bits per heavy atom. The topological polar surface area (TPSA) is 54.0 Å². The maximum Gasteiger partial charge on any atom is 0.317 e. The van der Waals surface area contributed by atoms with Gasteiger partial charge in [0.25, 0.3) is 0 Å². The molecule has 2 amide bonds. The maximum absolute atomic E-state index is 12.7. The third-order valence-electron chi connectivity index (χ3n) is 5.24. The van der Waals surface area contributed by atoms with Gasteiger partial charge < -0.3 is 24.6 Å². The van der Waals surface area contributed by atoms with Crippen LogP contribution in [0, 0.1) is 0 Å². The normalized spacial score (nSPS) is 18.9. The molecule has 4 rings (SSSR count). The molecule has 1 saturated heterocycles. The van der Waals surface area contributed by atoms with Gasteiger partial charge in [0.05, 0.1) is 13.2 Å². The molecule has 1 N–H and O–H groups in total. The second kappa shape index (κ2) is 8.19. The van der Waals surface area contributed by atoms with Gasteiger partial charge in [0.15, 0.2) is 11.5 Å². The van der Waals surface area contributed by atoms with Crippen LogP contribution in [0.4, 0.5) is 10.5 Å². The number of benzene rings is 2. The Kier molecular flexibility index (Phi) is 5.48. The van der Waals surface area contributed by atoms with Crippen LogP contribution in [0.2, 0.25) is 5.02 Å². The third-order valence-corrected chi connectivity index (χ3v) is 5.48. The molecule has 0 aliphatic carbocycles. The molecule has 6 nitrogen and oxygen atoms in total. The first-order chi connectivity index (χ1) is 13.6. The van der Waals surface area contributed by atoms with E-state index in [9.17, 15) is 4.79 Å². The van der Waals surface area contributed by atoms with Gasteiger partial charge >= 0.3 is 6.03 Å². The predicted octanol–water partition coefficient (Wildman–Crippen LogP) is 3.18. The first-order valence-electron chi connectivity index (χ1n) is 9.48. The molecular formula is C21H24ClN3O3. The number of fused-ring (bicyclic) bond motifs is 1. The van der Waals surface area contributed by atoms with Crippen LogP contribution >= 0.6 is 11.6 Å². The van der Waals surface area contributed by atoms with Gasteiger partial charge in [0.1, 0.15) is 6.61 Å². The average molecular weight is 402 g/mol. The van der Waals surface area contributed by atoms with E-state index in [1.165, 1.54) is 0 Å². The van der Waals surface area contributed by atoms with E-state index in [2.05, 4.69) is 10.2 Å². The molecule has 0 aromatic heterocycles. The number of amides is 2. The molecule has 0 spiro atoms. The average Bonchev–Trinajstić information content (AvgIpc) is 2.73. The lowest BCUT2D eigenvalue weighted by Crippen LogP contribution is -2.55. The van der Waals surface area contributed by atoms with E-state index in [0.29, 0.717) is 19.7 Å². The van der Waals surface area contributed by atoms with Gasteiger partial charge in [-0.1, -0.05) is 29.8 Å². The molecule has 1 unspecified atom stereocenters. The Hall–Kier alpha value is -2.60. The number of piperazine rings is 1. The van der Waals surface area contributed by atoms with Gasteiger partial charge in [-0.15, -0.1) is 0 Å². The zero-order chi connectivity index (χ0) is 19.5. The van der Waals surface area contributed by atoms with Crippen molar-refractivity contribution in [3.05, 3.63) is 53.1 Å². The molecular weight excluding hydrogens is 378 g/mol. The van der Waals surface area contributed by atoms with Gasteiger partial charge in [0, 0.05) is 42.5 Å². The lowest BCUT2D eigenvalue weighted by Gasteiger charge is -2.37. The van der Waals surface area contributed by atoms with E-state index in [0.717, 1.165) is 47.3 Å². The van der Waals surface area contributed by atoms with Gasteiger partial charge in [-0.05, 0) is 30.7 Å². The van der Waals surface area contributed by atoms with E-state index in [1.807, 2.05) is 47.4 Å². The van der Waals surface area contributed by atoms with Crippen LogP contribution in [0.5, 0.6) is 11.5 Å². The summed E-state index contributed by atoms with van der Waals surface area (Å²) in [5, 5.41) is 3.84. The summed E-state index contributed by atoms with van der Waals surface area (Å²) in [6, 6.07) is 13.6. The Labute approximate surface area is 170 Å². The highest BCUT2D eigenvalue weighted by molar-refractivity contribution is 6.30. The van der Waals surface area contributed by atoms with E-state index >= 15 is 0 Å². The van der Waals surface area contributed by atoms with Gasteiger partial charge in [-0.25, -0.2) is 4.79 Å². The summed E-state index contributed by atoms with van der Waals surface area (Å²) in [6.07, 6.45) is 0.737. The number of para-hydroxylation sites is 1. The summed E-state index contributed by atoms with van der Waals surface area (Å²) in [5.41, 5.74) is 2.15. The molecule has 2 aromatic carbocycles. The third kappa shape index (κ3) is 3.97. The van der Waals surface area contributed by atoms with Crippen LogP contribution < -0.4 is 19.7 Å². The first-order valence-corrected chi connectivity index (χ1v) is 9.86. The first kappa shape index (κ1) is 18.7. The SMILES string of the molecule is COc1cccc2c1OCC(NC(=O)N1CCN(c3cccc(Cl)c3)CC1)C2. The molecule has 0 radical (unpaired) electrons. The summed E-state index contributed by atoms with van der Waals surface area (Å²) in [5.74, 6) is 1.52. The number of carbonyl (C=O) groups excluding carboxylic acids is 1. The Morgan fingerprint density at radius 2 is 1.96 bits per heavy atom. The fourth-order valence-corrected chi connectivity index (χ4v) is 3.94. The summed E-state index contributed by atoms with van der Waals surface area (Å²) in [6.45, 7) is 3.37. The van der Waals surface area contributed by atoms with Crippen molar-refractivity contribution < 1.29 is 14.3 Å². The van der Waals surface area contributed by atoms with Crippen molar-refractivity contribution in [1.29, 1.82) is 0 Å². The molecule has 2 aromatic rings. The van der Waals surface area contributed by atoms with Crippen LogP contribution in [-0.4, -0.2) is 56.9 Å². The van der Waals surface area contributed by atoms with E-state index in [4.69, 9.17) is 21.1 Å². The Bertz CT molecular complexity index is 853. The van der Waals surface area contributed by atoms with Crippen molar-refractivity contribution >= 4 is 23.3 Å². The Morgan fingerprint density at radius 1 is 1.18 bits per heavy atom. The fraction of sp³-hybridized carbons (Fsp3) is 0.381. The number of ether oxygens (including phenoxy) is 2. The van der Waals surface area contributed by atoms with Crippen LogP contribution in [-0.2, 0) is 6.42 Å². The van der Waals surface area contributed by atoms with Gasteiger partial charge in [0.2, 0.25) is 0 Å². The van der Waals surface area contributed by atoms with Crippen LogP contribution in [0.15, 0.2) is 42.5 Å². The molecule has 2 heterocycles. The second-order valence-corrected chi connectivity index (χ2v) is 7.50. The molecule has 0 saturated carbocycles. The number of carbonyl (C=O) groups is 1. The molecule has 2 aliphatic heterocycles. The smallest absolute Gasteiger partial charge is 0.317 e. The van der Waals surface area contributed by atoms with Crippen molar-refractivity contribution in [2.45, 2.75) is 12.5 Å². The fourth-order valence-electron chi connectivity index (χ4n) is 3.75. The van der Waals surface area contributed by atoms with Crippen LogP contribution in [0.25, 0.3) is 0 Å². The number of hydrogen-bond acceptors (Lipinski definition) is 4. The summed E-state index contributed by atoms with van der Waals surface area (Å²) in [7, 11) is 1.63. The quantitative estimate of drug-likeness (QED) is 0.858. The highest BCUT2D eigenvalue weighted by Gasteiger charge is 2.27. The van der Waals surface area contributed by atoms with Crippen LogP contribution in [0.1, 0.15) is 5.56 Å². The zero-order valence-electron chi connectivity index (χ0n) is 15.9. The van der Waals surface area contributed by atoms with E-state index in [1.54, 1.807) is 7.11 Å². The zero-order valence-corrected chi connectivity index (χ0v) is 16.6. The van der Waals surface area contributed by atoms with Crippen LogP contribution in [0.3, 0.4) is 0 Å². The highest BCUT2D eigenvalue weighted by atomic mass is 35.5. The molecule has 2 aliphatic rings. The second-order valence-electron chi connectivity index (χ2n) is 7.06. The minimum absolute atomic E-state index is 0.0364. The van der Waals surface area contributed by atoms with Crippen molar-refractivity contribution in [3.63, 3.8) is 0 Å². The largest absolute Gasteiger partial charge is 0.493 e. The van der Waals surface area contributed by atoms with Gasteiger partial charge in [-0.3, -0.25) is 0 Å². The van der Waals surface area contributed by atoms with Crippen molar-refractivity contribution in [3.8, 4) is 11.5 Å². The summed E-state index contributed by atoms with van der Waals surface area (Å²) < 4.78 is 11.2. The molecule has 1 fully saturated rings. The monoisotopic (exact) mass is 401 g/mol. The highest BCUT2D eigenvalue weighted by Crippen LogP contribution is 2.34. The van der Waals surface area contributed by atoms with Crippen molar-refractivity contribution in [2.75, 3.05) is 44.8 Å². The minimum Gasteiger partial charge on any atom is -0.493 e. The number of nitrogens with zero attached hydrogens (tertiary/aromatic N) is 2. The number of rotatable bonds is 3. The number of methoxy groups -OCH3 is 1. The molecule has 0 bridgehead atoms. The standard InChI is InChI=1S/C21H24ClN3O3/c1-27-19-7-2-4-15-12-17(14-28-20(15)19)23-21(26)25-10-8-24(9-11-25)18-6-3-5-16(22)13-18/h2-7,13,17H,8-12,14H2,1H3,(H,23,26). The number of urea groups is 1. The van der Waals surface area contributed by atoms with Crippen molar-refractivity contribution in [1.82, 2.24) is 10.2 Å². The molecule has 7 heteroatoms. The predicted molar refractivity (Wildman–Crippen MR) is 110 cm³/mol. The van der Waals surface area contributed by atoms with E-state index < -0.39 is 0 Å². The lowest BCUT2D eigenvalue weighted by molar-refractivity contribution is 0.176. The molecule has 28 heavy (non-hydrogen) atoms.